The predicted octanol–water partition coefficient (Wildman–Crippen LogP) is 3.61. The Morgan fingerprint density at radius 2 is 1.71 bits per heavy atom. The molecule has 0 saturated heterocycles. The van der Waals surface area contributed by atoms with Gasteiger partial charge in [-0.25, -0.2) is 0 Å². The van der Waals surface area contributed by atoms with Crippen molar-refractivity contribution >= 4 is 5.52 Å². The number of ether oxygens (including phenoxy) is 1. The molecule has 0 atom stereocenters. The van der Waals surface area contributed by atoms with Gasteiger partial charge in [0.2, 0.25) is 0 Å². The maximum atomic E-state index is 5.16. The number of aromatic nitrogens is 1. The number of hydrogen-bond donors (Lipinski definition) is 0. The summed E-state index contributed by atoms with van der Waals surface area (Å²) in [6.45, 7) is 0. The average molecular weight is 223 g/mol. The van der Waals surface area contributed by atoms with Crippen LogP contribution in [0.15, 0.2) is 60.9 Å². The van der Waals surface area contributed by atoms with Crippen molar-refractivity contribution in [3.8, 4) is 16.9 Å². The second-order valence-electron chi connectivity index (χ2n) is 3.98. The molecule has 0 radical (unpaired) electrons. The molecule has 0 aliphatic carbocycles. The van der Waals surface area contributed by atoms with E-state index in [0.717, 1.165) is 5.75 Å². The van der Waals surface area contributed by atoms with E-state index < -0.39 is 0 Å². The van der Waals surface area contributed by atoms with Crippen LogP contribution >= 0.6 is 0 Å². The van der Waals surface area contributed by atoms with Crippen LogP contribution in [0.3, 0.4) is 0 Å². The quantitative estimate of drug-likeness (QED) is 0.647. The third-order valence-corrected chi connectivity index (χ3v) is 2.95. The SMILES string of the molecule is COc1ccc(-c2ccn3cccc3c2)cc1. The minimum absolute atomic E-state index is 0.887. The highest BCUT2D eigenvalue weighted by molar-refractivity contribution is 5.69. The molecule has 0 unspecified atom stereocenters. The molecule has 2 aromatic heterocycles. The smallest absolute Gasteiger partial charge is 0.118 e. The van der Waals surface area contributed by atoms with Crippen molar-refractivity contribution in [2.45, 2.75) is 0 Å². The first-order valence-corrected chi connectivity index (χ1v) is 5.58. The van der Waals surface area contributed by atoms with Crippen LogP contribution in [0.1, 0.15) is 0 Å². The first kappa shape index (κ1) is 9.97. The van der Waals surface area contributed by atoms with Gasteiger partial charge in [-0.2, -0.15) is 0 Å². The Bertz CT molecular complexity index is 637. The molecule has 2 heterocycles. The number of fused-ring (bicyclic) bond motifs is 1. The molecule has 0 aliphatic heterocycles. The van der Waals surface area contributed by atoms with Crippen molar-refractivity contribution < 1.29 is 4.74 Å². The minimum Gasteiger partial charge on any atom is -0.497 e. The molecule has 3 aromatic rings. The van der Waals surface area contributed by atoms with Gasteiger partial charge in [0.15, 0.2) is 0 Å². The van der Waals surface area contributed by atoms with Gasteiger partial charge in [0.25, 0.3) is 0 Å². The van der Waals surface area contributed by atoms with Gasteiger partial charge in [0.05, 0.1) is 7.11 Å². The molecule has 2 nitrogen and oxygen atoms in total. The van der Waals surface area contributed by atoms with Crippen molar-refractivity contribution in [1.29, 1.82) is 0 Å². The van der Waals surface area contributed by atoms with Crippen LogP contribution in [-0.4, -0.2) is 11.5 Å². The van der Waals surface area contributed by atoms with E-state index in [2.05, 4.69) is 40.9 Å². The van der Waals surface area contributed by atoms with Gasteiger partial charge in [0, 0.05) is 17.9 Å². The van der Waals surface area contributed by atoms with Crippen LogP contribution in [-0.2, 0) is 0 Å². The second kappa shape index (κ2) is 3.98. The third kappa shape index (κ3) is 1.78. The van der Waals surface area contributed by atoms with Crippen molar-refractivity contribution in [3.63, 3.8) is 0 Å². The maximum absolute atomic E-state index is 5.16. The Balaban J connectivity index is 2.06. The highest BCUT2D eigenvalue weighted by Gasteiger charge is 1.99. The second-order valence-corrected chi connectivity index (χ2v) is 3.98. The summed E-state index contributed by atoms with van der Waals surface area (Å²) in [5.74, 6) is 0.887. The summed E-state index contributed by atoms with van der Waals surface area (Å²) in [6.07, 6.45) is 4.13. The van der Waals surface area contributed by atoms with E-state index in [4.69, 9.17) is 4.74 Å². The Hall–Kier alpha value is -2.22. The van der Waals surface area contributed by atoms with Gasteiger partial charge in [-0.3, -0.25) is 0 Å². The van der Waals surface area contributed by atoms with Crippen LogP contribution in [0.4, 0.5) is 0 Å². The topological polar surface area (TPSA) is 13.6 Å². The maximum Gasteiger partial charge on any atom is 0.118 e. The zero-order chi connectivity index (χ0) is 11.7. The minimum atomic E-state index is 0.887. The van der Waals surface area contributed by atoms with E-state index in [-0.39, 0.29) is 0 Å². The van der Waals surface area contributed by atoms with Crippen LogP contribution in [0.2, 0.25) is 0 Å². The lowest BCUT2D eigenvalue weighted by atomic mass is 10.1. The molecule has 0 aliphatic rings. The molecule has 1 aromatic carbocycles. The fraction of sp³-hybridized carbons (Fsp3) is 0.0667. The monoisotopic (exact) mass is 223 g/mol. The average Bonchev–Trinajstić information content (AvgIpc) is 2.86. The highest BCUT2D eigenvalue weighted by Crippen LogP contribution is 2.23. The number of benzene rings is 1. The molecular weight excluding hydrogens is 210 g/mol. The molecule has 0 bridgehead atoms. The largest absolute Gasteiger partial charge is 0.497 e. The Morgan fingerprint density at radius 3 is 2.47 bits per heavy atom. The summed E-state index contributed by atoms with van der Waals surface area (Å²) in [7, 11) is 1.68. The Labute approximate surface area is 100 Å². The molecule has 0 fully saturated rings. The van der Waals surface area contributed by atoms with E-state index in [9.17, 15) is 0 Å². The van der Waals surface area contributed by atoms with Crippen LogP contribution < -0.4 is 4.74 Å². The highest BCUT2D eigenvalue weighted by atomic mass is 16.5. The lowest BCUT2D eigenvalue weighted by molar-refractivity contribution is 0.415. The van der Waals surface area contributed by atoms with E-state index >= 15 is 0 Å². The van der Waals surface area contributed by atoms with Gasteiger partial charge >= 0.3 is 0 Å². The Morgan fingerprint density at radius 1 is 0.882 bits per heavy atom. The van der Waals surface area contributed by atoms with Gasteiger partial charge < -0.3 is 9.14 Å². The predicted molar refractivity (Wildman–Crippen MR) is 69.4 cm³/mol. The molecule has 84 valence electrons. The number of rotatable bonds is 2. The first-order chi connectivity index (χ1) is 8.36. The summed E-state index contributed by atoms with van der Waals surface area (Å²) < 4.78 is 7.26. The third-order valence-electron chi connectivity index (χ3n) is 2.95. The number of pyridine rings is 1. The lowest BCUT2D eigenvalue weighted by Crippen LogP contribution is -1.85. The fourth-order valence-electron chi connectivity index (χ4n) is 2.00. The molecule has 2 heteroatoms. The summed E-state index contributed by atoms with van der Waals surface area (Å²) in [5, 5.41) is 0. The fourth-order valence-corrected chi connectivity index (χ4v) is 2.00. The zero-order valence-electron chi connectivity index (χ0n) is 9.63. The molecule has 0 spiro atoms. The molecule has 3 rings (SSSR count). The Kier molecular flexibility index (Phi) is 2.33. The number of nitrogens with zero attached hydrogens (tertiary/aromatic N) is 1. The summed E-state index contributed by atoms with van der Waals surface area (Å²) in [4.78, 5) is 0. The number of hydrogen-bond acceptors (Lipinski definition) is 1. The lowest BCUT2D eigenvalue weighted by Gasteiger charge is -2.04. The summed E-state index contributed by atoms with van der Waals surface area (Å²) >= 11 is 0. The van der Waals surface area contributed by atoms with E-state index in [1.54, 1.807) is 7.11 Å². The zero-order valence-corrected chi connectivity index (χ0v) is 9.63. The summed E-state index contributed by atoms with van der Waals surface area (Å²) in [6, 6.07) is 16.6. The van der Waals surface area contributed by atoms with Crippen molar-refractivity contribution in [2.75, 3.05) is 7.11 Å². The molecular formula is C15H13NO. The van der Waals surface area contributed by atoms with Gasteiger partial charge in [-0.15, -0.1) is 0 Å². The van der Waals surface area contributed by atoms with Crippen molar-refractivity contribution in [3.05, 3.63) is 60.9 Å². The number of methoxy groups -OCH3 is 1. The van der Waals surface area contributed by atoms with E-state index in [0.29, 0.717) is 0 Å². The molecule has 17 heavy (non-hydrogen) atoms. The van der Waals surface area contributed by atoms with Crippen LogP contribution in [0.25, 0.3) is 16.6 Å². The van der Waals surface area contributed by atoms with E-state index in [1.165, 1.54) is 16.6 Å². The standard InChI is InChI=1S/C15H13NO/c1-17-15-6-4-12(5-7-15)13-8-10-16-9-2-3-14(16)11-13/h2-11H,1H3. The van der Waals surface area contributed by atoms with Crippen LogP contribution in [0.5, 0.6) is 5.75 Å². The van der Waals surface area contributed by atoms with Gasteiger partial charge in [0.1, 0.15) is 5.75 Å². The van der Waals surface area contributed by atoms with Crippen LogP contribution in [0, 0.1) is 0 Å². The first-order valence-electron chi connectivity index (χ1n) is 5.58. The molecule has 0 amide bonds. The van der Waals surface area contributed by atoms with Gasteiger partial charge in [-0.1, -0.05) is 12.1 Å². The normalized spacial score (nSPS) is 10.6. The van der Waals surface area contributed by atoms with E-state index in [1.807, 2.05) is 24.4 Å². The molecule has 0 saturated carbocycles. The van der Waals surface area contributed by atoms with Crippen molar-refractivity contribution in [1.82, 2.24) is 4.40 Å². The summed E-state index contributed by atoms with van der Waals surface area (Å²) in [5.41, 5.74) is 3.63. The molecule has 0 N–H and O–H groups in total. The van der Waals surface area contributed by atoms with Crippen molar-refractivity contribution in [2.24, 2.45) is 0 Å². The van der Waals surface area contributed by atoms with Gasteiger partial charge in [-0.05, 0) is 47.5 Å².